The van der Waals surface area contributed by atoms with Crippen LogP contribution in [0.3, 0.4) is 0 Å². The van der Waals surface area contributed by atoms with Crippen molar-refractivity contribution in [1.82, 2.24) is 9.97 Å². The summed E-state index contributed by atoms with van der Waals surface area (Å²) in [6, 6.07) is 9.28. The van der Waals surface area contributed by atoms with E-state index in [1.165, 1.54) is 0 Å². The van der Waals surface area contributed by atoms with Crippen LogP contribution in [-0.4, -0.2) is 55.6 Å². The molecule has 4 rings (SSSR count). The summed E-state index contributed by atoms with van der Waals surface area (Å²) in [7, 11) is 4.74. The van der Waals surface area contributed by atoms with Crippen molar-refractivity contribution in [2.75, 3.05) is 39.3 Å². The van der Waals surface area contributed by atoms with Gasteiger partial charge in [-0.15, -0.1) is 0 Å². The molecule has 2 aromatic carbocycles. The van der Waals surface area contributed by atoms with Crippen LogP contribution in [-0.2, 0) is 0 Å². The topological polar surface area (TPSA) is 76.9 Å². The molecule has 0 radical (unpaired) electrons. The number of hydrogen-bond donors (Lipinski definition) is 1. The third kappa shape index (κ3) is 3.70. The van der Waals surface area contributed by atoms with E-state index in [0.717, 1.165) is 16.8 Å². The lowest BCUT2D eigenvalue weighted by Gasteiger charge is -2.31. The second kappa shape index (κ2) is 8.53. The zero-order valence-electron chi connectivity index (χ0n) is 17.2. The molecule has 0 amide bonds. The molecule has 7 nitrogen and oxygen atoms in total. The summed E-state index contributed by atoms with van der Waals surface area (Å²) < 4.78 is 16.8. The standard InChI is InChI=1S/C22H24ClN3O4/c1-28-17-12-16-18(20(30-3)19(17)29-2)24-21(13-4-6-14(23)7-5-13)25-22(16)26-10-8-15(27)9-11-26/h4-7,12,15,27H,8-11H2,1-3H3. The molecular formula is C22H24ClN3O4. The number of aliphatic hydroxyl groups excluding tert-OH is 1. The molecule has 0 unspecified atom stereocenters. The first kappa shape index (κ1) is 20.5. The van der Waals surface area contributed by atoms with Crippen molar-refractivity contribution < 1.29 is 19.3 Å². The minimum absolute atomic E-state index is 0.283. The fourth-order valence-electron chi connectivity index (χ4n) is 3.76. The van der Waals surface area contributed by atoms with Gasteiger partial charge in [0.05, 0.1) is 32.8 Å². The average Bonchev–Trinajstić information content (AvgIpc) is 2.78. The third-order valence-electron chi connectivity index (χ3n) is 5.34. The number of nitrogens with zero attached hydrogens (tertiary/aromatic N) is 3. The molecule has 1 N–H and O–H groups in total. The Bertz CT molecular complexity index is 1050. The number of fused-ring (bicyclic) bond motifs is 1. The van der Waals surface area contributed by atoms with Crippen molar-refractivity contribution in [3.8, 4) is 28.6 Å². The second-order valence-corrected chi connectivity index (χ2v) is 7.57. The second-order valence-electron chi connectivity index (χ2n) is 7.14. The molecule has 1 saturated heterocycles. The van der Waals surface area contributed by atoms with Crippen LogP contribution in [0.5, 0.6) is 17.2 Å². The minimum Gasteiger partial charge on any atom is -0.493 e. The van der Waals surface area contributed by atoms with Gasteiger partial charge < -0.3 is 24.2 Å². The maximum absolute atomic E-state index is 9.95. The Labute approximate surface area is 180 Å². The maximum Gasteiger partial charge on any atom is 0.205 e. The molecular weight excluding hydrogens is 406 g/mol. The number of rotatable bonds is 5. The van der Waals surface area contributed by atoms with Gasteiger partial charge in [0.15, 0.2) is 17.3 Å². The molecule has 0 aliphatic carbocycles. The van der Waals surface area contributed by atoms with E-state index in [1.54, 1.807) is 21.3 Å². The monoisotopic (exact) mass is 429 g/mol. The van der Waals surface area contributed by atoms with Gasteiger partial charge in [-0.2, -0.15) is 0 Å². The van der Waals surface area contributed by atoms with Crippen LogP contribution >= 0.6 is 11.6 Å². The van der Waals surface area contributed by atoms with E-state index in [0.29, 0.717) is 59.5 Å². The molecule has 1 fully saturated rings. The molecule has 0 spiro atoms. The van der Waals surface area contributed by atoms with Crippen LogP contribution in [0.25, 0.3) is 22.3 Å². The van der Waals surface area contributed by atoms with E-state index in [9.17, 15) is 5.11 Å². The Balaban J connectivity index is 1.99. The van der Waals surface area contributed by atoms with Crippen molar-refractivity contribution in [3.63, 3.8) is 0 Å². The molecule has 0 saturated carbocycles. The fraction of sp³-hybridized carbons (Fsp3) is 0.364. The lowest BCUT2D eigenvalue weighted by atomic mass is 10.1. The first-order valence-corrected chi connectivity index (χ1v) is 10.1. The van der Waals surface area contributed by atoms with E-state index in [2.05, 4.69) is 4.90 Å². The molecule has 1 aromatic heterocycles. The number of aliphatic hydroxyl groups is 1. The summed E-state index contributed by atoms with van der Waals surface area (Å²) in [4.78, 5) is 11.9. The number of halogens is 1. The summed E-state index contributed by atoms with van der Waals surface area (Å²) >= 11 is 6.06. The number of ether oxygens (including phenoxy) is 3. The summed E-state index contributed by atoms with van der Waals surface area (Å²) in [5, 5.41) is 11.4. The van der Waals surface area contributed by atoms with E-state index in [4.69, 9.17) is 35.8 Å². The molecule has 30 heavy (non-hydrogen) atoms. The number of aromatic nitrogens is 2. The normalized spacial score (nSPS) is 14.8. The lowest BCUT2D eigenvalue weighted by Crippen LogP contribution is -2.36. The SMILES string of the molecule is COc1cc2c(N3CCC(O)CC3)nc(-c3ccc(Cl)cc3)nc2c(OC)c1OC. The summed E-state index contributed by atoms with van der Waals surface area (Å²) in [5.74, 6) is 2.85. The number of anilines is 1. The fourth-order valence-corrected chi connectivity index (χ4v) is 3.89. The van der Waals surface area contributed by atoms with Gasteiger partial charge in [-0.25, -0.2) is 9.97 Å². The minimum atomic E-state index is -0.283. The average molecular weight is 430 g/mol. The Morgan fingerprint density at radius 1 is 0.967 bits per heavy atom. The quantitative estimate of drug-likeness (QED) is 0.658. The van der Waals surface area contributed by atoms with Crippen molar-refractivity contribution in [2.24, 2.45) is 0 Å². The van der Waals surface area contributed by atoms with Crippen LogP contribution in [0.4, 0.5) is 5.82 Å². The molecule has 1 aliphatic rings. The molecule has 158 valence electrons. The zero-order chi connectivity index (χ0) is 21.3. The molecule has 2 heterocycles. The molecule has 8 heteroatoms. The lowest BCUT2D eigenvalue weighted by molar-refractivity contribution is 0.145. The van der Waals surface area contributed by atoms with E-state index < -0.39 is 0 Å². The summed E-state index contributed by atoms with van der Waals surface area (Å²) in [6.45, 7) is 1.40. The Hall–Kier alpha value is -2.77. The van der Waals surface area contributed by atoms with Crippen LogP contribution in [0.2, 0.25) is 5.02 Å². The van der Waals surface area contributed by atoms with Crippen molar-refractivity contribution in [3.05, 3.63) is 35.4 Å². The highest BCUT2D eigenvalue weighted by Gasteiger charge is 2.25. The Morgan fingerprint density at radius 2 is 1.63 bits per heavy atom. The van der Waals surface area contributed by atoms with Crippen molar-refractivity contribution in [2.45, 2.75) is 18.9 Å². The molecule has 1 aliphatic heterocycles. The Kier molecular flexibility index (Phi) is 5.83. The van der Waals surface area contributed by atoms with Crippen molar-refractivity contribution >= 4 is 28.3 Å². The van der Waals surface area contributed by atoms with Crippen molar-refractivity contribution in [1.29, 1.82) is 0 Å². The van der Waals surface area contributed by atoms with Gasteiger partial charge >= 0.3 is 0 Å². The molecule has 0 bridgehead atoms. The molecule has 3 aromatic rings. The third-order valence-corrected chi connectivity index (χ3v) is 5.59. The van der Waals surface area contributed by atoms with Gasteiger partial charge in [0.25, 0.3) is 0 Å². The first-order chi connectivity index (χ1) is 14.5. The predicted molar refractivity (Wildman–Crippen MR) is 117 cm³/mol. The molecule has 0 atom stereocenters. The van der Waals surface area contributed by atoms with Gasteiger partial charge in [0.1, 0.15) is 11.3 Å². The number of benzene rings is 2. The largest absolute Gasteiger partial charge is 0.493 e. The van der Waals surface area contributed by atoms with Crippen LogP contribution in [0.15, 0.2) is 30.3 Å². The summed E-state index contributed by atoms with van der Waals surface area (Å²) in [5.41, 5.74) is 1.48. The van der Waals surface area contributed by atoms with Crippen LogP contribution in [0, 0.1) is 0 Å². The van der Waals surface area contributed by atoms with Gasteiger partial charge in [-0.3, -0.25) is 0 Å². The van der Waals surface area contributed by atoms with Gasteiger partial charge in [-0.1, -0.05) is 11.6 Å². The van der Waals surface area contributed by atoms with Crippen LogP contribution < -0.4 is 19.1 Å². The van der Waals surface area contributed by atoms with E-state index in [-0.39, 0.29) is 6.10 Å². The summed E-state index contributed by atoms with van der Waals surface area (Å²) in [6.07, 6.45) is 1.09. The number of hydrogen-bond acceptors (Lipinski definition) is 7. The first-order valence-electron chi connectivity index (χ1n) is 9.75. The Morgan fingerprint density at radius 3 is 2.23 bits per heavy atom. The zero-order valence-corrected chi connectivity index (χ0v) is 17.9. The van der Waals surface area contributed by atoms with E-state index >= 15 is 0 Å². The number of piperidine rings is 1. The highest BCUT2D eigenvalue weighted by atomic mass is 35.5. The predicted octanol–water partition coefficient (Wildman–Crippen LogP) is 3.94. The highest BCUT2D eigenvalue weighted by Crippen LogP contribution is 2.45. The van der Waals surface area contributed by atoms with Gasteiger partial charge in [0, 0.05) is 23.7 Å². The maximum atomic E-state index is 9.95. The van der Waals surface area contributed by atoms with Crippen LogP contribution in [0.1, 0.15) is 12.8 Å². The van der Waals surface area contributed by atoms with E-state index in [1.807, 2.05) is 30.3 Å². The van der Waals surface area contributed by atoms with Gasteiger partial charge in [-0.05, 0) is 43.2 Å². The smallest absolute Gasteiger partial charge is 0.205 e. The van der Waals surface area contributed by atoms with Gasteiger partial charge in [0.2, 0.25) is 5.75 Å². The highest BCUT2D eigenvalue weighted by molar-refractivity contribution is 6.30. The number of methoxy groups -OCH3 is 3.